The predicted octanol–water partition coefficient (Wildman–Crippen LogP) is 2.75. The molecule has 1 nitrogen and oxygen atoms in total. The van der Waals surface area contributed by atoms with Gasteiger partial charge in [0.05, 0.1) is 0 Å². The summed E-state index contributed by atoms with van der Waals surface area (Å²) in [5.41, 5.74) is 7.57. The fourth-order valence-electron chi connectivity index (χ4n) is 2.41. The highest BCUT2D eigenvalue weighted by Gasteiger charge is 2.21. The van der Waals surface area contributed by atoms with Gasteiger partial charge in [0.1, 0.15) is 0 Å². The van der Waals surface area contributed by atoms with Crippen LogP contribution in [0.1, 0.15) is 31.2 Å². The van der Waals surface area contributed by atoms with E-state index >= 15 is 0 Å². The molecule has 2 atom stereocenters. The van der Waals surface area contributed by atoms with Gasteiger partial charge in [0.25, 0.3) is 0 Å². The molecule has 0 amide bonds. The first-order valence-electron chi connectivity index (χ1n) is 5.66. The molecule has 0 saturated heterocycles. The highest BCUT2D eigenvalue weighted by molar-refractivity contribution is 5.15. The van der Waals surface area contributed by atoms with Crippen molar-refractivity contribution in [3.05, 3.63) is 35.9 Å². The largest absolute Gasteiger partial charge is 0.327 e. The van der Waals surface area contributed by atoms with E-state index in [0.29, 0.717) is 12.0 Å². The van der Waals surface area contributed by atoms with Gasteiger partial charge in [-0.1, -0.05) is 43.2 Å². The van der Waals surface area contributed by atoms with Crippen LogP contribution in [-0.2, 0) is 6.42 Å². The number of rotatable bonds is 2. The molecule has 2 rings (SSSR count). The van der Waals surface area contributed by atoms with E-state index in [4.69, 9.17) is 5.73 Å². The molecule has 76 valence electrons. The molecule has 1 fully saturated rings. The molecule has 1 heteroatoms. The Morgan fingerprint density at radius 2 is 1.79 bits per heavy atom. The highest BCUT2D eigenvalue weighted by atomic mass is 14.7. The van der Waals surface area contributed by atoms with E-state index in [1.54, 1.807) is 0 Å². The third-order valence-electron chi connectivity index (χ3n) is 3.31. The topological polar surface area (TPSA) is 26.0 Å². The fraction of sp³-hybridized carbons (Fsp3) is 0.538. The molecule has 14 heavy (non-hydrogen) atoms. The van der Waals surface area contributed by atoms with Crippen LogP contribution >= 0.6 is 0 Å². The van der Waals surface area contributed by atoms with Crippen molar-refractivity contribution in [3.8, 4) is 0 Å². The Labute approximate surface area is 86.3 Å². The van der Waals surface area contributed by atoms with Crippen LogP contribution in [0.4, 0.5) is 0 Å². The monoisotopic (exact) mass is 189 g/mol. The maximum atomic E-state index is 6.13. The lowest BCUT2D eigenvalue weighted by molar-refractivity contribution is 0.306. The number of hydrogen-bond donors (Lipinski definition) is 1. The molecule has 2 N–H and O–H groups in total. The van der Waals surface area contributed by atoms with Gasteiger partial charge in [-0.15, -0.1) is 0 Å². The smallest absolute Gasteiger partial charge is 0.00703 e. The molecule has 1 aliphatic carbocycles. The van der Waals surface area contributed by atoms with Gasteiger partial charge in [0.2, 0.25) is 0 Å². The fourth-order valence-corrected chi connectivity index (χ4v) is 2.41. The van der Waals surface area contributed by atoms with Crippen LogP contribution in [0.15, 0.2) is 30.3 Å². The summed E-state index contributed by atoms with van der Waals surface area (Å²) >= 11 is 0. The molecule has 1 aromatic rings. The maximum absolute atomic E-state index is 6.13. The van der Waals surface area contributed by atoms with Gasteiger partial charge in [-0.05, 0) is 30.7 Å². The molecule has 0 unspecified atom stereocenters. The summed E-state index contributed by atoms with van der Waals surface area (Å²) < 4.78 is 0. The van der Waals surface area contributed by atoms with Crippen LogP contribution in [0.25, 0.3) is 0 Å². The van der Waals surface area contributed by atoms with Crippen LogP contribution < -0.4 is 5.73 Å². The summed E-state index contributed by atoms with van der Waals surface area (Å²) in [7, 11) is 0. The molecule has 0 aromatic heterocycles. The number of benzene rings is 1. The average molecular weight is 189 g/mol. The van der Waals surface area contributed by atoms with Gasteiger partial charge in [-0.25, -0.2) is 0 Å². The van der Waals surface area contributed by atoms with E-state index in [-0.39, 0.29) is 0 Å². The predicted molar refractivity (Wildman–Crippen MR) is 60.1 cm³/mol. The first kappa shape index (κ1) is 9.72. The quantitative estimate of drug-likeness (QED) is 0.760. The van der Waals surface area contributed by atoms with Crippen LogP contribution in [-0.4, -0.2) is 6.04 Å². The SMILES string of the molecule is N[C@H]1CCCC[C@H]1Cc1ccccc1. The first-order chi connectivity index (χ1) is 6.86. The van der Waals surface area contributed by atoms with E-state index in [9.17, 15) is 0 Å². The van der Waals surface area contributed by atoms with Crippen molar-refractivity contribution in [2.45, 2.75) is 38.1 Å². The number of hydrogen-bond acceptors (Lipinski definition) is 1. The lowest BCUT2D eigenvalue weighted by Gasteiger charge is -2.28. The molecular weight excluding hydrogens is 170 g/mol. The molecule has 0 spiro atoms. The van der Waals surface area contributed by atoms with Crippen LogP contribution in [0.3, 0.4) is 0 Å². The zero-order valence-corrected chi connectivity index (χ0v) is 8.65. The summed E-state index contributed by atoms with van der Waals surface area (Å²) in [6, 6.07) is 11.2. The van der Waals surface area contributed by atoms with Gasteiger partial charge in [0, 0.05) is 6.04 Å². The van der Waals surface area contributed by atoms with Crippen molar-refractivity contribution in [3.63, 3.8) is 0 Å². The molecule has 0 radical (unpaired) electrons. The summed E-state index contributed by atoms with van der Waals surface area (Å²) in [6.45, 7) is 0. The Bertz CT molecular complexity index is 268. The molecule has 1 aliphatic rings. The first-order valence-corrected chi connectivity index (χ1v) is 5.66. The Hall–Kier alpha value is -0.820. The van der Waals surface area contributed by atoms with E-state index in [0.717, 1.165) is 0 Å². The van der Waals surface area contributed by atoms with Crippen LogP contribution in [0.5, 0.6) is 0 Å². The zero-order chi connectivity index (χ0) is 9.80. The number of nitrogens with two attached hydrogens (primary N) is 1. The van der Waals surface area contributed by atoms with Crippen molar-refractivity contribution in [1.29, 1.82) is 0 Å². The standard InChI is InChI=1S/C13H19N/c14-13-9-5-4-8-12(13)10-11-6-2-1-3-7-11/h1-3,6-7,12-13H,4-5,8-10,14H2/t12-,13-/m0/s1. The van der Waals surface area contributed by atoms with E-state index in [1.165, 1.54) is 37.7 Å². The van der Waals surface area contributed by atoms with E-state index in [1.807, 2.05) is 0 Å². The highest BCUT2D eigenvalue weighted by Crippen LogP contribution is 2.25. The summed E-state index contributed by atoms with van der Waals surface area (Å²) in [5.74, 6) is 0.714. The normalized spacial score (nSPS) is 27.5. The Kier molecular flexibility index (Phi) is 3.20. The average Bonchev–Trinajstić information content (AvgIpc) is 2.23. The molecule has 0 bridgehead atoms. The van der Waals surface area contributed by atoms with Gasteiger partial charge in [-0.3, -0.25) is 0 Å². The third-order valence-corrected chi connectivity index (χ3v) is 3.31. The Morgan fingerprint density at radius 3 is 2.50 bits per heavy atom. The van der Waals surface area contributed by atoms with E-state index in [2.05, 4.69) is 30.3 Å². The lowest BCUT2D eigenvalue weighted by atomic mass is 9.81. The second-order valence-electron chi connectivity index (χ2n) is 4.40. The molecule has 0 heterocycles. The Balaban J connectivity index is 1.96. The lowest BCUT2D eigenvalue weighted by Crippen LogP contribution is -2.34. The van der Waals surface area contributed by atoms with Crippen molar-refractivity contribution < 1.29 is 0 Å². The molecule has 1 aromatic carbocycles. The minimum Gasteiger partial charge on any atom is -0.327 e. The summed E-state index contributed by atoms with van der Waals surface area (Å²) in [4.78, 5) is 0. The molecule has 1 saturated carbocycles. The minimum atomic E-state index is 0.434. The van der Waals surface area contributed by atoms with Gasteiger partial charge < -0.3 is 5.73 Å². The van der Waals surface area contributed by atoms with Crippen LogP contribution in [0, 0.1) is 5.92 Å². The summed E-state index contributed by atoms with van der Waals surface area (Å²) in [6.07, 6.45) is 6.40. The third kappa shape index (κ3) is 2.36. The maximum Gasteiger partial charge on any atom is 0.00703 e. The Morgan fingerprint density at radius 1 is 1.07 bits per heavy atom. The van der Waals surface area contributed by atoms with Crippen molar-refractivity contribution >= 4 is 0 Å². The van der Waals surface area contributed by atoms with Gasteiger partial charge in [0.15, 0.2) is 0 Å². The minimum absolute atomic E-state index is 0.434. The zero-order valence-electron chi connectivity index (χ0n) is 8.65. The van der Waals surface area contributed by atoms with Crippen molar-refractivity contribution in [2.24, 2.45) is 11.7 Å². The van der Waals surface area contributed by atoms with E-state index < -0.39 is 0 Å². The van der Waals surface area contributed by atoms with Crippen molar-refractivity contribution in [2.75, 3.05) is 0 Å². The summed E-state index contributed by atoms with van der Waals surface area (Å²) in [5, 5.41) is 0. The van der Waals surface area contributed by atoms with Crippen LogP contribution in [0.2, 0.25) is 0 Å². The molecular formula is C13H19N. The second kappa shape index (κ2) is 4.61. The van der Waals surface area contributed by atoms with Gasteiger partial charge >= 0.3 is 0 Å². The second-order valence-corrected chi connectivity index (χ2v) is 4.40. The van der Waals surface area contributed by atoms with Crippen molar-refractivity contribution in [1.82, 2.24) is 0 Å². The van der Waals surface area contributed by atoms with Gasteiger partial charge in [-0.2, -0.15) is 0 Å². The molecule has 0 aliphatic heterocycles.